The molecule has 5 nitrogen and oxygen atoms in total. The Bertz CT molecular complexity index is 713. The number of para-hydroxylation sites is 1. The Morgan fingerprint density at radius 2 is 2.14 bits per heavy atom. The minimum Gasteiger partial charge on any atom is -0.338 e. The first-order valence-corrected chi connectivity index (χ1v) is 6.80. The topological polar surface area (TPSA) is 79.2 Å². The van der Waals surface area contributed by atoms with Gasteiger partial charge < -0.3 is 15.6 Å². The molecule has 1 aliphatic heterocycles. The second kappa shape index (κ2) is 6.28. The molecule has 1 aromatic heterocycles. The molecule has 1 aliphatic rings. The van der Waals surface area contributed by atoms with Gasteiger partial charge in [0.25, 0.3) is 5.91 Å². The van der Waals surface area contributed by atoms with Crippen molar-refractivity contribution < 1.29 is 4.79 Å². The van der Waals surface area contributed by atoms with Gasteiger partial charge in [0.05, 0.1) is 5.56 Å². The lowest BCUT2D eigenvalue weighted by Crippen LogP contribution is -2.30. The summed E-state index contributed by atoms with van der Waals surface area (Å²) in [5.41, 5.74) is 6.57. The molecule has 1 aromatic carbocycles. The van der Waals surface area contributed by atoms with Crippen molar-refractivity contribution in [2.75, 3.05) is 19.6 Å². The maximum Gasteiger partial charge on any atom is 0.254 e. The summed E-state index contributed by atoms with van der Waals surface area (Å²) >= 11 is 0. The quantitative estimate of drug-likeness (QED) is 0.879. The molecule has 0 radical (unpaired) electrons. The van der Waals surface area contributed by atoms with Gasteiger partial charge in [0.15, 0.2) is 0 Å². The number of hydrogen-bond acceptors (Lipinski definition) is 3. The lowest BCUT2D eigenvalue weighted by molar-refractivity contribution is 0.0789. The number of nitrogens with two attached hydrogens (primary N) is 1. The number of aromatic amines is 1. The number of hydrogen-bond donors (Lipinski definition) is 2. The van der Waals surface area contributed by atoms with E-state index >= 15 is 0 Å². The average Bonchev–Trinajstić information content (AvgIpc) is 2.94. The Labute approximate surface area is 128 Å². The van der Waals surface area contributed by atoms with Crippen LogP contribution in [0.2, 0.25) is 0 Å². The number of rotatable bonds is 2. The molecule has 112 valence electrons. The zero-order valence-corrected chi connectivity index (χ0v) is 12.4. The molecule has 0 spiro atoms. The van der Waals surface area contributed by atoms with Crippen molar-refractivity contribution in [3.8, 4) is 0 Å². The number of carbonyl (C=O) groups excluding carboxylic acids is 1. The van der Waals surface area contributed by atoms with Gasteiger partial charge in [-0.3, -0.25) is 9.59 Å². The van der Waals surface area contributed by atoms with Crippen molar-refractivity contribution in [1.29, 1.82) is 0 Å². The van der Waals surface area contributed by atoms with E-state index in [1.54, 1.807) is 11.0 Å². The average molecular weight is 308 g/mol. The zero-order chi connectivity index (χ0) is 14.1. The van der Waals surface area contributed by atoms with Crippen LogP contribution in [-0.2, 0) is 0 Å². The summed E-state index contributed by atoms with van der Waals surface area (Å²) in [5, 5.41) is 0.785. The summed E-state index contributed by atoms with van der Waals surface area (Å²) in [6.45, 7) is 1.98. The SMILES string of the molecule is Cl.NCC1CCN(C(=O)c2cc(=O)[nH]c3ccccc23)C1. The summed E-state index contributed by atoms with van der Waals surface area (Å²) in [7, 11) is 0. The fourth-order valence-corrected chi connectivity index (χ4v) is 2.76. The fraction of sp³-hybridized carbons (Fsp3) is 0.333. The number of likely N-dealkylation sites (tertiary alicyclic amines) is 1. The summed E-state index contributed by atoms with van der Waals surface area (Å²) in [5.74, 6) is 0.287. The third-order valence-corrected chi connectivity index (χ3v) is 3.89. The maximum absolute atomic E-state index is 12.6. The number of fused-ring (bicyclic) bond motifs is 1. The third kappa shape index (κ3) is 2.94. The molecular formula is C15H18ClN3O2. The number of nitrogens with zero attached hydrogens (tertiary/aromatic N) is 1. The molecule has 2 aromatic rings. The Morgan fingerprint density at radius 3 is 2.86 bits per heavy atom. The van der Waals surface area contributed by atoms with E-state index in [1.165, 1.54) is 6.07 Å². The van der Waals surface area contributed by atoms with E-state index < -0.39 is 0 Å². The molecule has 1 fully saturated rings. The molecular weight excluding hydrogens is 290 g/mol. The second-order valence-electron chi connectivity index (χ2n) is 5.23. The molecule has 3 N–H and O–H groups in total. The number of halogens is 1. The number of H-pyrrole nitrogens is 1. The normalized spacial score (nSPS) is 17.8. The molecule has 1 unspecified atom stereocenters. The van der Waals surface area contributed by atoms with Crippen LogP contribution in [0.4, 0.5) is 0 Å². The molecule has 1 amide bonds. The van der Waals surface area contributed by atoms with E-state index in [0.29, 0.717) is 36.6 Å². The first-order valence-electron chi connectivity index (χ1n) is 6.80. The standard InChI is InChI=1S/C15H17N3O2.ClH/c16-8-10-5-6-18(9-10)15(20)12-7-14(19)17-13-4-2-1-3-11(12)13;/h1-4,7,10H,5-6,8-9,16H2,(H,17,19);1H. The predicted octanol–water partition coefficient (Wildman–Crippen LogP) is 1.37. The minimum atomic E-state index is -0.248. The monoisotopic (exact) mass is 307 g/mol. The number of aromatic nitrogens is 1. The Hall–Kier alpha value is -1.85. The number of pyridine rings is 1. The molecule has 3 rings (SSSR count). The van der Waals surface area contributed by atoms with Crippen molar-refractivity contribution in [2.45, 2.75) is 6.42 Å². The molecule has 6 heteroatoms. The highest BCUT2D eigenvalue weighted by Gasteiger charge is 2.27. The van der Waals surface area contributed by atoms with Gasteiger partial charge in [-0.2, -0.15) is 0 Å². The van der Waals surface area contributed by atoms with Crippen LogP contribution in [0, 0.1) is 5.92 Å². The lowest BCUT2D eigenvalue weighted by atomic mass is 10.1. The minimum absolute atomic E-state index is 0. The fourth-order valence-electron chi connectivity index (χ4n) is 2.76. The molecule has 0 bridgehead atoms. The highest BCUT2D eigenvalue weighted by Crippen LogP contribution is 2.21. The summed E-state index contributed by atoms with van der Waals surface area (Å²) < 4.78 is 0. The van der Waals surface area contributed by atoms with Crippen LogP contribution < -0.4 is 11.3 Å². The number of nitrogens with one attached hydrogen (secondary N) is 1. The summed E-state index contributed by atoms with van der Waals surface area (Å²) in [4.78, 5) is 28.8. The van der Waals surface area contributed by atoms with Crippen LogP contribution in [-0.4, -0.2) is 35.4 Å². The van der Waals surface area contributed by atoms with Gasteiger partial charge in [0.1, 0.15) is 0 Å². The number of carbonyl (C=O) groups is 1. The lowest BCUT2D eigenvalue weighted by Gasteiger charge is -2.17. The van der Waals surface area contributed by atoms with E-state index in [1.807, 2.05) is 18.2 Å². The molecule has 0 saturated carbocycles. The smallest absolute Gasteiger partial charge is 0.254 e. The molecule has 21 heavy (non-hydrogen) atoms. The van der Waals surface area contributed by atoms with E-state index in [0.717, 1.165) is 11.8 Å². The van der Waals surface area contributed by atoms with Crippen molar-refractivity contribution in [1.82, 2.24) is 9.88 Å². The van der Waals surface area contributed by atoms with E-state index in [2.05, 4.69) is 4.98 Å². The summed E-state index contributed by atoms with van der Waals surface area (Å²) in [6, 6.07) is 8.76. The van der Waals surface area contributed by atoms with Gasteiger partial charge >= 0.3 is 0 Å². The van der Waals surface area contributed by atoms with Crippen LogP contribution >= 0.6 is 12.4 Å². The molecule has 2 heterocycles. The Morgan fingerprint density at radius 1 is 1.38 bits per heavy atom. The maximum atomic E-state index is 12.6. The third-order valence-electron chi connectivity index (χ3n) is 3.89. The van der Waals surface area contributed by atoms with Crippen LogP contribution in [0.25, 0.3) is 10.9 Å². The predicted molar refractivity (Wildman–Crippen MR) is 84.9 cm³/mol. The van der Waals surface area contributed by atoms with Gasteiger partial charge in [-0.25, -0.2) is 0 Å². The van der Waals surface area contributed by atoms with Crippen molar-refractivity contribution in [3.63, 3.8) is 0 Å². The zero-order valence-electron chi connectivity index (χ0n) is 11.5. The first-order chi connectivity index (χ1) is 9.69. The molecule has 0 aliphatic carbocycles. The van der Waals surface area contributed by atoms with Gasteiger partial charge in [-0.15, -0.1) is 12.4 Å². The first kappa shape index (κ1) is 15.5. The molecule has 1 atom stereocenters. The van der Waals surface area contributed by atoms with Crippen molar-refractivity contribution in [3.05, 3.63) is 46.2 Å². The van der Waals surface area contributed by atoms with Gasteiger partial charge in [-0.05, 0) is 24.9 Å². The molecule has 1 saturated heterocycles. The summed E-state index contributed by atoms with van der Waals surface area (Å²) in [6.07, 6.45) is 0.934. The van der Waals surface area contributed by atoms with Gasteiger partial charge in [0.2, 0.25) is 5.56 Å². The second-order valence-corrected chi connectivity index (χ2v) is 5.23. The van der Waals surface area contributed by atoms with Crippen LogP contribution in [0.15, 0.2) is 35.1 Å². The van der Waals surface area contributed by atoms with E-state index in [-0.39, 0.29) is 23.9 Å². The van der Waals surface area contributed by atoms with E-state index in [4.69, 9.17) is 5.73 Å². The van der Waals surface area contributed by atoms with Crippen molar-refractivity contribution >= 4 is 29.2 Å². The van der Waals surface area contributed by atoms with Crippen LogP contribution in [0.3, 0.4) is 0 Å². The van der Waals surface area contributed by atoms with Crippen LogP contribution in [0.1, 0.15) is 16.8 Å². The number of benzene rings is 1. The largest absolute Gasteiger partial charge is 0.338 e. The number of amides is 1. The van der Waals surface area contributed by atoms with Gasteiger partial charge in [0, 0.05) is 30.1 Å². The van der Waals surface area contributed by atoms with Crippen molar-refractivity contribution in [2.24, 2.45) is 11.7 Å². The Balaban J connectivity index is 0.00000161. The highest BCUT2D eigenvalue weighted by molar-refractivity contribution is 6.06. The van der Waals surface area contributed by atoms with E-state index in [9.17, 15) is 9.59 Å². The van der Waals surface area contributed by atoms with Crippen LogP contribution in [0.5, 0.6) is 0 Å². The van der Waals surface area contributed by atoms with Gasteiger partial charge in [-0.1, -0.05) is 18.2 Å². The Kier molecular flexibility index (Phi) is 4.65. The highest BCUT2D eigenvalue weighted by atomic mass is 35.5.